The van der Waals surface area contributed by atoms with E-state index in [-0.39, 0.29) is 30.6 Å². The lowest BCUT2D eigenvalue weighted by atomic mass is 10.2. The number of hydrogen-bond acceptors (Lipinski definition) is 4. The quantitative estimate of drug-likeness (QED) is 0.752. The van der Waals surface area contributed by atoms with Crippen LogP contribution in [0.4, 0.5) is 5.95 Å². The zero-order valence-corrected chi connectivity index (χ0v) is 10.8. The molecule has 1 aliphatic rings. The van der Waals surface area contributed by atoms with Crippen LogP contribution in [-0.2, 0) is 9.59 Å². The largest absolute Gasteiger partial charge is 0.297 e. The second-order valence-corrected chi connectivity index (χ2v) is 4.89. The van der Waals surface area contributed by atoms with Gasteiger partial charge in [-0.3, -0.25) is 14.5 Å². The Balaban J connectivity index is 2.09. The number of benzene rings is 1. The van der Waals surface area contributed by atoms with Gasteiger partial charge in [0.05, 0.1) is 18.5 Å². The maximum atomic E-state index is 11.6. The third kappa shape index (κ3) is 1.78. The van der Waals surface area contributed by atoms with Gasteiger partial charge >= 0.3 is 0 Å². The van der Waals surface area contributed by atoms with Gasteiger partial charge in [-0.2, -0.15) is 0 Å². The molecule has 0 atom stereocenters. The molecule has 0 radical (unpaired) electrons. The average molecular weight is 306 g/mol. The van der Waals surface area contributed by atoms with Crippen molar-refractivity contribution in [2.75, 3.05) is 11.4 Å². The van der Waals surface area contributed by atoms with Gasteiger partial charge in [0, 0.05) is 16.1 Å². The molecule has 0 spiro atoms. The number of amides is 1. The van der Waals surface area contributed by atoms with Gasteiger partial charge in [-0.15, -0.1) is 0 Å². The molecule has 5 nitrogen and oxygen atoms in total. The summed E-state index contributed by atoms with van der Waals surface area (Å²) in [4.78, 5) is 32.6. The third-order valence-electron chi connectivity index (χ3n) is 2.78. The topological polar surface area (TPSA) is 63.2 Å². The maximum absolute atomic E-state index is 11.6. The molecule has 1 saturated heterocycles. The van der Waals surface area contributed by atoms with E-state index in [9.17, 15) is 9.59 Å². The lowest BCUT2D eigenvalue weighted by molar-refractivity contribution is -0.121. The monoisotopic (exact) mass is 305 g/mol. The Labute approximate surface area is 111 Å². The molecular weight excluding hydrogens is 298 g/mol. The van der Waals surface area contributed by atoms with Crippen LogP contribution in [0.25, 0.3) is 10.9 Å². The van der Waals surface area contributed by atoms with Crippen molar-refractivity contribution in [1.82, 2.24) is 9.97 Å². The molecule has 6 heteroatoms. The normalized spacial score (nSPS) is 15.7. The van der Waals surface area contributed by atoms with Crippen LogP contribution in [0.5, 0.6) is 0 Å². The lowest BCUT2D eigenvalue weighted by Crippen LogP contribution is -2.26. The first-order valence-corrected chi connectivity index (χ1v) is 6.18. The van der Waals surface area contributed by atoms with Gasteiger partial charge in [-0.1, -0.05) is 22.0 Å². The summed E-state index contributed by atoms with van der Waals surface area (Å²) in [5.74, 6) is -0.0521. The van der Waals surface area contributed by atoms with E-state index in [1.807, 2.05) is 18.2 Å². The van der Waals surface area contributed by atoms with E-state index < -0.39 is 0 Å². The summed E-state index contributed by atoms with van der Waals surface area (Å²) < 4.78 is 0.898. The molecule has 2 aromatic rings. The average Bonchev–Trinajstić information content (AvgIpc) is 2.68. The smallest absolute Gasteiger partial charge is 0.237 e. The first-order chi connectivity index (χ1) is 8.65. The Morgan fingerprint density at radius 3 is 2.83 bits per heavy atom. The summed E-state index contributed by atoms with van der Waals surface area (Å²) in [6, 6.07) is 5.60. The van der Waals surface area contributed by atoms with Gasteiger partial charge in [0.15, 0.2) is 5.78 Å². The van der Waals surface area contributed by atoms with E-state index in [1.165, 1.54) is 4.90 Å². The van der Waals surface area contributed by atoms with Crippen molar-refractivity contribution in [2.45, 2.75) is 6.42 Å². The number of carbonyl (C=O) groups is 2. The SMILES string of the molecule is O=C1CC(=O)N(c2ncc3c(Br)cccc3n2)C1. The minimum absolute atomic E-state index is 0.0557. The number of carbonyl (C=O) groups excluding carboxylic acids is 2. The highest BCUT2D eigenvalue weighted by Gasteiger charge is 2.30. The summed E-state index contributed by atoms with van der Waals surface area (Å²) in [5, 5.41) is 0.874. The van der Waals surface area contributed by atoms with Crippen LogP contribution in [0.15, 0.2) is 28.9 Å². The molecule has 0 bridgehead atoms. The molecule has 1 aliphatic heterocycles. The highest BCUT2D eigenvalue weighted by atomic mass is 79.9. The first kappa shape index (κ1) is 11.3. The Kier molecular flexibility index (Phi) is 2.59. The lowest BCUT2D eigenvalue weighted by Gasteiger charge is -2.12. The maximum Gasteiger partial charge on any atom is 0.237 e. The Bertz CT molecular complexity index is 671. The van der Waals surface area contributed by atoms with Crippen LogP contribution in [0.1, 0.15) is 6.42 Å². The van der Waals surface area contributed by atoms with E-state index >= 15 is 0 Å². The Hall–Kier alpha value is -1.82. The summed E-state index contributed by atoms with van der Waals surface area (Å²) in [6.07, 6.45) is 1.59. The third-order valence-corrected chi connectivity index (χ3v) is 3.48. The predicted octanol–water partition coefficient (Wildman–Crippen LogP) is 1.70. The van der Waals surface area contributed by atoms with E-state index in [0.29, 0.717) is 0 Å². The summed E-state index contributed by atoms with van der Waals surface area (Å²) in [6.45, 7) is 0.0678. The molecule has 0 saturated carbocycles. The first-order valence-electron chi connectivity index (χ1n) is 5.38. The van der Waals surface area contributed by atoms with Crippen LogP contribution in [0.3, 0.4) is 0 Å². The van der Waals surface area contributed by atoms with Crippen molar-refractivity contribution in [3.8, 4) is 0 Å². The number of aromatic nitrogens is 2. The summed E-state index contributed by atoms with van der Waals surface area (Å²) >= 11 is 3.41. The highest BCUT2D eigenvalue weighted by molar-refractivity contribution is 9.10. The molecule has 1 aromatic heterocycles. The summed E-state index contributed by atoms with van der Waals surface area (Å²) in [7, 11) is 0. The number of rotatable bonds is 1. The van der Waals surface area contributed by atoms with E-state index in [4.69, 9.17) is 0 Å². The Morgan fingerprint density at radius 1 is 1.28 bits per heavy atom. The minimum atomic E-state index is -0.241. The van der Waals surface area contributed by atoms with Gasteiger partial charge in [0.1, 0.15) is 0 Å². The van der Waals surface area contributed by atoms with Gasteiger partial charge < -0.3 is 0 Å². The van der Waals surface area contributed by atoms with Crippen LogP contribution >= 0.6 is 15.9 Å². The van der Waals surface area contributed by atoms with E-state index in [2.05, 4.69) is 25.9 Å². The van der Waals surface area contributed by atoms with Crippen molar-refractivity contribution in [1.29, 1.82) is 0 Å². The fourth-order valence-corrected chi connectivity index (χ4v) is 2.36. The minimum Gasteiger partial charge on any atom is -0.297 e. The molecule has 1 amide bonds. The van der Waals surface area contributed by atoms with Crippen molar-refractivity contribution in [3.63, 3.8) is 0 Å². The van der Waals surface area contributed by atoms with Crippen molar-refractivity contribution in [2.24, 2.45) is 0 Å². The molecule has 90 valence electrons. The van der Waals surface area contributed by atoms with Crippen LogP contribution in [0.2, 0.25) is 0 Å². The molecule has 3 rings (SSSR count). The molecule has 1 fully saturated rings. The van der Waals surface area contributed by atoms with Gasteiger partial charge in [0.2, 0.25) is 11.9 Å². The van der Waals surface area contributed by atoms with Crippen LogP contribution in [0, 0.1) is 0 Å². The van der Waals surface area contributed by atoms with Crippen molar-refractivity contribution < 1.29 is 9.59 Å². The van der Waals surface area contributed by atoms with Crippen LogP contribution in [-0.4, -0.2) is 28.2 Å². The number of nitrogens with zero attached hydrogens (tertiary/aromatic N) is 3. The number of halogens is 1. The molecule has 0 unspecified atom stereocenters. The second kappa shape index (κ2) is 4.13. The van der Waals surface area contributed by atoms with E-state index in [0.717, 1.165) is 15.4 Å². The Morgan fingerprint density at radius 2 is 2.11 bits per heavy atom. The molecule has 0 N–H and O–H groups in total. The molecule has 2 heterocycles. The fourth-order valence-electron chi connectivity index (χ4n) is 1.91. The summed E-state index contributed by atoms with van der Waals surface area (Å²) in [5.41, 5.74) is 0.738. The number of hydrogen-bond donors (Lipinski definition) is 0. The molecule has 1 aromatic carbocycles. The second-order valence-electron chi connectivity index (χ2n) is 4.04. The number of ketones is 1. The van der Waals surface area contributed by atoms with Crippen LogP contribution < -0.4 is 4.90 Å². The van der Waals surface area contributed by atoms with Crippen molar-refractivity contribution in [3.05, 3.63) is 28.9 Å². The fraction of sp³-hybridized carbons (Fsp3) is 0.167. The highest BCUT2D eigenvalue weighted by Crippen LogP contribution is 2.24. The zero-order valence-electron chi connectivity index (χ0n) is 9.26. The van der Waals surface area contributed by atoms with Gasteiger partial charge in [0.25, 0.3) is 0 Å². The number of fused-ring (bicyclic) bond motifs is 1. The molecule has 18 heavy (non-hydrogen) atoms. The zero-order chi connectivity index (χ0) is 12.7. The standard InChI is InChI=1S/C12H8BrN3O2/c13-9-2-1-3-10-8(9)5-14-12(15-10)16-6-7(17)4-11(16)18/h1-3,5H,4,6H2. The van der Waals surface area contributed by atoms with Crippen molar-refractivity contribution >= 4 is 44.5 Å². The van der Waals surface area contributed by atoms with E-state index in [1.54, 1.807) is 6.20 Å². The molecule has 0 aliphatic carbocycles. The number of anilines is 1. The predicted molar refractivity (Wildman–Crippen MR) is 69.2 cm³/mol. The van der Waals surface area contributed by atoms with Gasteiger partial charge in [-0.25, -0.2) is 9.97 Å². The van der Waals surface area contributed by atoms with Gasteiger partial charge in [-0.05, 0) is 12.1 Å². The molecular formula is C12H8BrN3O2. The number of Topliss-reactive ketones (excluding diaryl/α,β-unsaturated/α-hetero) is 1.